The molecular weight excluding hydrogens is 164 g/mol. The van der Waals surface area contributed by atoms with Gasteiger partial charge in [-0.25, -0.2) is 4.79 Å². The molecule has 74 valence electrons. The van der Waals surface area contributed by atoms with E-state index in [1.54, 1.807) is 9.13 Å². The third-order valence-corrected chi connectivity index (χ3v) is 1.99. The van der Waals surface area contributed by atoms with E-state index in [1.807, 2.05) is 26.2 Å². The van der Waals surface area contributed by atoms with Gasteiger partial charge < -0.3 is 0 Å². The normalized spacial score (nSPS) is 11.5. The highest BCUT2D eigenvalue weighted by molar-refractivity contribution is 4.83. The van der Waals surface area contributed by atoms with Crippen LogP contribution in [0.4, 0.5) is 0 Å². The average Bonchev–Trinajstić information content (AvgIpc) is 2.32. The molecule has 0 aliphatic heterocycles. The van der Waals surface area contributed by atoms with E-state index in [-0.39, 0.29) is 11.7 Å². The Balaban J connectivity index is 2.94. The topological polar surface area (TPSA) is 26.9 Å². The van der Waals surface area contributed by atoms with E-state index >= 15 is 0 Å². The molecule has 0 aliphatic carbocycles. The predicted molar refractivity (Wildman–Crippen MR) is 53.9 cm³/mol. The van der Waals surface area contributed by atoms with Crippen LogP contribution >= 0.6 is 0 Å². The van der Waals surface area contributed by atoms with Gasteiger partial charge in [-0.3, -0.25) is 9.13 Å². The molecule has 0 aliphatic rings. The summed E-state index contributed by atoms with van der Waals surface area (Å²) in [7, 11) is 0. The molecule has 0 saturated heterocycles. The van der Waals surface area contributed by atoms with E-state index in [9.17, 15) is 4.79 Å². The summed E-state index contributed by atoms with van der Waals surface area (Å²) >= 11 is 0. The number of hydrogen-bond acceptors (Lipinski definition) is 1. The molecule has 1 aromatic rings. The van der Waals surface area contributed by atoms with Crippen LogP contribution in [0.1, 0.15) is 33.7 Å². The maximum absolute atomic E-state index is 11.7. The molecule has 0 unspecified atom stereocenters. The molecule has 0 amide bonds. The first-order valence-electron chi connectivity index (χ1n) is 4.79. The summed E-state index contributed by atoms with van der Waals surface area (Å²) in [5.74, 6) is 0.515. The van der Waals surface area contributed by atoms with E-state index in [4.69, 9.17) is 0 Å². The van der Waals surface area contributed by atoms with Crippen LogP contribution in [0.15, 0.2) is 17.2 Å². The third kappa shape index (κ3) is 2.23. The summed E-state index contributed by atoms with van der Waals surface area (Å²) in [5.41, 5.74) is 0.101. The molecular formula is C10H18N2O. The number of rotatable bonds is 3. The molecule has 0 atom stereocenters. The van der Waals surface area contributed by atoms with Crippen LogP contribution in [0.5, 0.6) is 0 Å². The quantitative estimate of drug-likeness (QED) is 0.701. The Morgan fingerprint density at radius 3 is 2.23 bits per heavy atom. The lowest BCUT2D eigenvalue weighted by Gasteiger charge is -2.06. The molecule has 1 rings (SSSR count). The highest BCUT2D eigenvalue weighted by Crippen LogP contribution is 2.01. The summed E-state index contributed by atoms with van der Waals surface area (Å²) in [6.07, 6.45) is 3.72. The van der Waals surface area contributed by atoms with Crippen molar-refractivity contribution in [3.63, 3.8) is 0 Å². The first-order valence-corrected chi connectivity index (χ1v) is 4.79. The van der Waals surface area contributed by atoms with Gasteiger partial charge in [0.15, 0.2) is 0 Å². The van der Waals surface area contributed by atoms with E-state index in [0.717, 1.165) is 6.54 Å². The number of nitrogens with zero attached hydrogens (tertiary/aromatic N) is 2. The van der Waals surface area contributed by atoms with E-state index < -0.39 is 0 Å². The van der Waals surface area contributed by atoms with Gasteiger partial charge in [-0.2, -0.15) is 0 Å². The molecule has 0 N–H and O–H groups in total. The molecule has 13 heavy (non-hydrogen) atoms. The Bertz CT molecular complexity index is 320. The summed E-state index contributed by atoms with van der Waals surface area (Å²) in [6, 6.07) is 0.251. The van der Waals surface area contributed by atoms with Crippen molar-refractivity contribution >= 4 is 0 Å². The zero-order chi connectivity index (χ0) is 10.0. The van der Waals surface area contributed by atoms with Gasteiger partial charge >= 0.3 is 5.69 Å². The number of aromatic nitrogens is 2. The van der Waals surface area contributed by atoms with Crippen molar-refractivity contribution in [3.05, 3.63) is 22.9 Å². The van der Waals surface area contributed by atoms with E-state index in [2.05, 4.69) is 13.8 Å². The first-order chi connectivity index (χ1) is 6.02. The summed E-state index contributed by atoms with van der Waals surface area (Å²) < 4.78 is 3.52. The Hall–Kier alpha value is -0.990. The van der Waals surface area contributed by atoms with Gasteiger partial charge in [0.25, 0.3) is 0 Å². The zero-order valence-corrected chi connectivity index (χ0v) is 8.82. The highest BCUT2D eigenvalue weighted by Gasteiger charge is 2.06. The Labute approximate surface area is 79.0 Å². The van der Waals surface area contributed by atoms with Gasteiger partial charge in [0.2, 0.25) is 0 Å². The SMILES string of the molecule is CC(C)Cn1ccn(C(C)C)c1=O. The molecule has 3 heteroatoms. The van der Waals surface area contributed by atoms with E-state index in [0.29, 0.717) is 5.92 Å². The van der Waals surface area contributed by atoms with Crippen LogP contribution < -0.4 is 5.69 Å². The molecule has 0 bridgehead atoms. The van der Waals surface area contributed by atoms with Crippen LogP contribution in [0, 0.1) is 5.92 Å². The molecule has 1 aromatic heterocycles. The van der Waals surface area contributed by atoms with Crippen molar-refractivity contribution in [2.45, 2.75) is 40.3 Å². The molecule has 0 fully saturated rings. The molecule has 0 aromatic carbocycles. The van der Waals surface area contributed by atoms with Gasteiger partial charge in [-0.15, -0.1) is 0 Å². The van der Waals surface area contributed by atoms with Crippen LogP contribution in [0.25, 0.3) is 0 Å². The lowest BCUT2D eigenvalue weighted by Crippen LogP contribution is -2.26. The molecule has 1 heterocycles. The van der Waals surface area contributed by atoms with Crippen LogP contribution in [0.3, 0.4) is 0 Å². The number of imidazole rings is 1. The molecule has 0 spiro atoms. The minimum absolute atomic E-state index is 0.101. The van der Waals surface area contributed by atoms with Crippen LogP contribution in [-0.4, -0.2) is 9.13 Å². The van der Waals surface area contributed by atoms with Gasteiger partial charge in [0.05, 0.1) is 0 Å². The standard InChI is InChI=1S/C10H18N2O/c1-8(2)7-11-5-6-12(9(3)4)10(11)13/h5-6,8-9H,7H2,1-4H3. The molecule has 0 saturated carbocycles. The molecule has 0 radical (unpaired) electrons. The van der Waals surface area contributed by atoms with Crippen molar-refractivity contribution in [2.75, 3.05) is 0 Å². The van der Waals surface area contributed by atoms with E-state index in [1.165, 1.54) is 0 Å². The first kappa shape index (κ1) is 10.1. The van der Waals surface area contributed by atoms with Crippen LogP contribution in [-0.2, 0) is 6.54 Å². The van der Waals surface area contributed by atoms with Crippen molar-refractivity contribution in [3.8, 4) is 0 Å². The number of hydrogen-bond donors (Lipinski definition) is 0. The van der Waals surface area contributed by atoms with Crippen LogP contribution in [0.2, 0.25) is 0 Å². The maximum atomic E-state index is 11.7. The van der Waals surface area contributed by atoms with Gasteiger partial charge in [-0.1, -0.05) is 13.8 Å². The minimum Gasteiger partial charge on any atom is -0.299 e. The van der Waals surface area contributed by atoms with Crippen molar-refractivity contribution in [1.82, 2.24) is 9.13 Å². The monoisotopic (exact) mass is 182 g/mol. The second-order valence-corrected chi connectivity index (χ2v) is 4.13. The summed E-state index contributed by atoms with van der Waals surface area (Å²) in [4.78, 5) is 11.7. The maximum Gasteiger partial charge on any atom is 0.328 e. The predicted octanol–water partition coefficient (Wildman–Crippen LogP) is 1.89. The van der Waals surface area contributed by atoms with Crippen molar-refractivity contribution in [2.24, 2.45) is 5.92 Å². The minimum atomic E-state index is 0.101. The zero-order valence-electron chi connectivity index (χ0n) is 8.82. The fourth-order valence-electron chi connectivity index (χ4n) is 1.35. The highest BCUT2D eigenvalue weighted by atomic mass is 16.1. The molecule has 3 nitrogen and oxygen atoms in total. The third-order valence-electron chi connectivity index (χ3n) is 1.99. The Morgan fingerprint density at radius 1 is 1.23 bits per heavy atom. The van der Waals surface area contributed by atoms with Crippen molar-refractivity contribution < 1.29 is 0 Å². The lowest BCUT2D eigenvalue weighted by atomic mass is 10.2. The smallest absolute Gasteiger partial charge is 0.299 e. The fourth-order valence-corrected chi connectivity index (χ4v) is 1.35. The summed E-state index contributed by atoms with van der Waals surface area (Å²) in [6.45, 7) is 9.05. The van der Waals surface area contributed by atoms with Gasteiger partial charge in [-0.05, 0) is 19.8 Å². The van der Waals surface area contributed by atoms with Gasteiger partial charge in [0, 0.05) is 25.0 Å². The van der Waals surface area contributed by atoms with Crippen molar-refractivity contribution in [1.29, 1.82) is 0 Å². The fraction of sp³-hybridized carbons (Fsp3) is 0.700. The average molecular weight is 182 g/mol. The Morgan fingerprint density at radius 2 is 1.85 bits per heavy atom. The largest absolute Gasteiger partial charge is 0.328 e. The lowest BCUT2D eigenvalue weighted by molar-refractivity contribution is 0.488. The second-order valence-electron chi connectivity index (χ2n) is 4.13. The second kappa shape index (κ2) is 3.81. The summed E-state index contributed by atoms with van der Waals surface area (Å²) in [5, 5.41) is 0. The Kier molecular flexibility index (Phi) is 2.96. The van der Waals surface area contributed by atoms with Gasteiger partial charge in [0.1, 0.15) is 0 Å².